The highest BCUT2D eigenvalue weighted by atomic mass is 16.5. The van der Waals surface area contributed by atoms with Gasteiger partial charge in [-0.05, 0) is 19.8 Å². The van der Waals surface area contributed by atoms with Gasteiger partial charge in [-0.15, -0.1) is 0 Å². The van der Waals surface area contributed by atoms with Crippen molar-refractivity contribution in [3.05, 3.63) is 0 Å². The van der Waals surface area contributed by atoms with Crippen LogP contribution < -0.4 is 0 Å². The third-order valence-corrected chi connectivity index (χ3v) is 3.59. The summed E-state index contributed by atoms with van der Waals surface area (Å²) in [5.74, 6) is -0.124. The first-order valence-electron chi connectivity index (χ1n) is 8.04. The van der Waals surface area contributed by atoms with Gasteiger partial charge in [0, 0.05) is 12.3 Å². The van der Waals surface area contributed by atoms with E-state index in [9.17, 15) is 9.59 Å². The van der Waals surface area contributed by atoms with Gasteiger partial charge in [-0.25, -0.2) is 0 Å². The second-order valence-corrected chi connectivity index (χ2v) is 6.08. The van der Waals surface area contributed by atoms with Crippen LogP contribution in [0.1, 0.15) is 34.1 Å². The molecule has 1 rings (SSSR count). The molecule has 1 heterocycles. The quantitative estimate of drug-likeness (QED) is 0.427. The number of nitrogens with zero attached hydrogens (tertiary/aromatic N) is 1. The summed E-state index contributed by atoms with van der Waals surface area (Å²) in [5, 5.41) is 0. The molecule has 1 aliphatic rings. The zero-order valence-corrected chi connectivity index (χ0v) is 14.2. The van der Waals surface area contributed by atoms with E-state index in [1.807, 2.05) is 27.7 Å². The zero-order valence-electron chi connectivity index (χ0n) is 14.2. The van der Waals surface area contributed by atoms with Crippen LogP contribution in [0.4, 0.5) is 0 Å². The van der Waals surface area contributed by atoms with E-state index in [4.69, 9.17) is 14.2 Å². The number of hydrogen-bond donors (Lipinski definition) is 0. The topological polar surface area (TPSA) is 65.1 Å². The van der Waals surface area contributed by atoms with E-state index < -0.39 is 0 Å². The second kappa shape index (κ2) is 9.92. The number of ether oxygens (including phenoxy) is 3. The molecule has 128 valence electrons. The van der Waals surface area contributed by atoms with Crippen molar-refractivity contribution in [2.24, 2.45) is 11.8 Å². The Hall–Kier alpha value is -0.980. The van der Waals surface area contributed by atoms with Gasteiger partial charge in [-0.2, -0.15) is 0 Å². The van der Waals surface area contributed by atoms with Gasteiger partial charge < -0.3 is 14.2 Å². The van der Waals surface area contributed by atoms with Crippen molar-refractivity contribution in [1.29, 1.82) is 0 Å². The molecule has 1 unspecified atom stereocenters. The van der Waals surface area contributed by atoms with Crippen LogP contribution in [-0.2, 0) is 23.8 Å². The van der Waals surface area contributed by atoms with Gasteiger partial charge in [0.15, 0.2) is 0 Å². The minimum absolute atomic E-state index is 0.0642. The summed E-state index contributed by atoms with van der Waals surface area (Å²) in [7, 11) is 0. The predicted octanol–water partition coefficient (Wildman–Crippen LogP) is 1.48. The molecule has 0 saturated carbocycles. The molecule has 1 aliphatic heterocycles. The smallest absolute Gasteiger partial charge is 0.233 e. The summed E-state index contributed by atoms with van der Waals surface area (Å²) in [6.45, 7) is 10.6. The number of carbonyl (C=O) groups excluding carboxylic acids is 2. The highest BCUT2D eigenvalue weighted by molar-refractivity contribution is 6.03. The fraction of sp³-hybridized carbons (Fsp3) is 0.875. The van der Waals surface area contributed by atoms with E-state index in [0.717, 1.165) is 0 Å². The molecular weight excluding hydrogens is 286 g/mol. The second-order valence-electron chi connectivity index (χ2n) is 6.08. The molecule has 1 saturated heterocycles. The number of carbonyl (C=O) groups is 2. The minimum Gasteiger partial charge on any atom is -0.377 e. The van der Waals surface area contributed by atoms with Gasteiger partial charge in [-0.1, -0.05) is 13.8 Å². The molecule has 0 aromatic carbocycles. The first kappa shape index (κ1) is 19.1. The monoisotopic (exact) mass is 315 g/mol. The Morgan fingerprint density at radius 2 is 1.59 bits per heavy atom. The summed E-state index contributed by atoms with van der Waals surface area (Å²) in [4.78, 5) is 25.2. The Morgan fingerprint density at radius 3 is 2.14 bits per heavy atom. The number of likely N-dealkylation sites (tertiary alicyclic amines) is 1. The molecule has 0 aromatic rings. The minimum atomic E-state index is -0.170. The highest BCUT2D eigenvalue weighted by Crippen LogP contribution is 2.25. The molecule has 22 heavy (non-hydrogen) atoms. The summed E-state index contributed by atoms with van der Waals surface area (Å²) in [6, 6.07) is 0. The Morgan fingerprint density at radius 1 is 1.00 bits per heavy atom. The zero-order chi connectivity index (χ0) is 16.5. The summed E-state index contributed by atoms with van der Waals surface area (Å²) < 4.78 is 16.1. The van der Waals surface area contributed by atoms with Gasteiger partial charge in [0.05, 0.1) is 45.7 Å². The lowest BCUT2D eigenvalue weighted by atomic mass is 9.94. The van der Waals surface area contributed by atoms with Crippen LogP contribution in [0, 0.1) is 11.8 Å². The maximum absolute atomic E-state index is 12.1. The SMILES string of the molecule is CC(C)OCCOCCOCCN1C(=O)CC(C(C)C)C1=O. The molecule has 0 N–H and O–H groups in total. The van der Waals surface area contributed by atoms with Crippen molar-refractivity contribution in [2.45, 2.75) is 40.2 Å². The summed E-state index contributed by atoms with van der Waals surface area (Å²) >= 11 is 0. The van der Waals surface area contributed by atoms with Crippen molar-refractivity contribution in [3.8, 4) is 0 Å². The van der Waals surface area contributed by atoms with Crippen molar-refractivity contribution >= 4 is 11.8 Å². The van der Waals surface area contributed by atoms with Crippen LogP contribution >= 0.6 is 0 Å². The fourth-order valence-electron chi connectivity index (χ4n) is 2.29. The van der Waals surface area contributed by atoms with E-state index in [0.29, 0.717) is 46.0 Å². The van der Waals surface area contributed by atoms with E-state index in [1.165, 1.54) is 4.90 Å². The van der Waals surface area contributed by atoms with Crippen LogP contribution in [-0.4, -0.2) is 62.4 Å². The lowest BCUT2D eigenvalue weighted by Crippen LogP contribution is -2.34. The van der Waals surface area contributed by atoms with Crippen molar-refractivity contribution in [2.75, 3.05) is 39.6 Å². The lowest BCUT2D eigenvalue weighted by Gasteiger charge is -2.16. The number of amides is 2. The lowest BCUT2D eigenvalue weighted by molar-refractivity contribution is -0.140. The fourth-order valence-corrected chi connectivity index (χ4v) is 2.29. The van der Waals surface area contributed by atoms with Crippen molar-refractivity contribution in [3.63, 3.8) is 0 Å². The molecular formula is C16H29NO5. The van der Waals surface area contributed by atoms with Gasteiger partial charge in [0.1, 0.15) is 0 Å². The first-order valence-corrected chi connectivity index (χ1v) is 8.04. The normalized spacial score (nSPS) is 19.0. The average molecular weight is 315 g/mol. The summed E-state index contributed by atoms with van der Waals surface area (Å²) in [5.41, 5.74) is 0. The molecule has 6 heteroatoms. The molecule has 2 amide bonds. The maximum Gasteiger partial charge on any atom is 0.233 e. The number of rotatable bonds is 11. The molecule has 0 bridgehead atoms. The molecule has 0 radical (unpaired) electrons. The molecule has 1 atom stereocenters. The van der Waals surface area contributed by atoms with E-state index in [-0.39, 0.29) is 29.8 Å². The largest absolute Gasteiger partial charge is 0.377 e. The van der Waals surface area contributed by atoms with Crippen molar-refractivity contribution in [1.82, 2.24) is 4.90 Å². The third-order valence-electron chi connectivity index (χ3n) is 3.59. The van der Waals surface area contributed by atoms with E-state index in [2.05, 4.69) is 0 Å². The highest BCUT2D eigenvalue weighted by Gasteiger charge is 2.39. The average Bonchev–Trinajstić information content (AvgIpc) is 2.72. The van der Waals surface area contributed by atoms with E-state index in [1.54, 1.807) is 0 Å². The number of hydrogen-bond acceptors (Lipinski definition) is 5. The van der Waals surface area contributed by atoms with Crippen LogP contribution in [0.5, 0.6) is 0 Å². The molecule has 0 spiro atoms. The Bertz CT molecular complexity index is 356. The van der Waals surface area contributed by atoms with Crippen molar-refractivity contribution < 1.29 is 23.8 Å². The Kier molecular flexibility index (Phi) is 8.60. The first-order chi connectivity index (χ1) is 10.4. The molecule has 1 fully saturated rings. The third kappa shape index (κ3) is 6.42. The molecule has 6 nitrogen and oxygen atoms in total. The Labute approximate surface area is 133 Å². The molecule has 0 aliphatic carbocycles. The van der Waals surface area contributed by atoms with Gasteiger partial charge in [-0.3, -0.25) is 14.5 Å². The van der Waals surface area contributed by atoms with Crippen LogP contribution in [0.25, 0.3) is 0 Å². The van der Waals surface area contributed by atoms with Crippen LogP contribution in [0.2, 0.25) is 0 Å². The van der Waals surface area contributed by atoms with Crippen LogP contribution in [0.15, 0.2) is 0 Å². The standard InChI is InChI=1S/C16H29NO5/c1-12(2)14-11-15(18)17(16(14)19)5-6-20-7-8-21-9-10-22-13(3)4/h12-14H,5-11H2,1-4H3. The maximum atomic E-state index is 12.1. The Balaban J connectivity index is 2.05. The van der Waals surface area contributed by atoms with Gasteiger partial charge in [0.2, 0.25) is 11.8 Å². The van der Waals surface area contributed by atoms with Gasteiger partial charge >= 0.3 is 0 Å². The van der Waals surface area contributed by atoms with E-state index >= 15 is 0 Å². The molecule has 0 aromatic heterocycles. The number of imide groups is 1. The van der Waals surface area contributed by atoms with Crippen LogP contribution in [0.3, 0.4) is 0 Å². The van der Waals surface area contributed by atoms with Gasteiger partial charge in [0.25, 0.3) is 0 Å². The predicted molar refractivity (Wildman–Crippen MR) is 82.4 cm³/mol. The summed E-state index contributed by atoms with van der Waals surface area (Å²) in [6.07, 6.45) is 0.542.